The highest BCUT2D eigenvalue weighted by atomic mass is 19.1. The van der Waals surface area contributed by atoms with Crippen molar-refractivity contribution in [2.24, 2.45) is 0 Å². The molecule has 9 heteroatoms. The van der Waals surface area contributed by atoms with Gasteiger partial charge in [0.1, 0.15) is 11.6 Å². The van der Waals surface area contributed by atoms with Gasteiger partial charge in [-0.15, -0.1) is 0 Å². The Bertz CT molecular complexity index is 1100. The number of aliphatic hydroxyl groups excluding tert-OH is 1. The molecule has 7 nitrogen and oxygen atoms in total. The molecule has 0 spiro atoms. The second-order valence-electron chi connectivity index (χ2n) is 8.20. The van der Waals surface area contributed by atoms with Crippen molar-refractivity contribution in [3.05, 3.63) is 70.8 Å². The minimum absolute atomic E-state index is 0.0183. The molecular weight excluding hydrogens is 446 g/mol. The molecule has 0 radical (unpaired) electrons. The number of amides is 1. The summed E-state index contributed by atoms with van der Waals surface area (Å²) in [5.41, 5.74) is 0.354. The van der Waals surface area contributed by atoms with Crippen LogP contribution in [0.5, 0.6) is 5.75 Å². The molecule has 2 aromatic rings. The molecular formula is C25H26F2N2O5. The van der Waals surface area contributed by atoms with E-state index in [9.17, 15) is 23.5 Å². The Morgan fingerprint density at radius 2 is 1.79 bits per heavy atom. The van der Waals surface area contributed by atoms with E-state index in [0.717, 1.165) is 19.2 Å². The number of hydrogen-bond acceptors (Lipinski definition) is 6. The number of benzene rings is 2. The first-order valence-electron chi connectivity index (χ1n) is 11.1. The largest absolute Gasteiger partial charge is 0.507 e. The third-order valence-electron chi connectivity index (χ3n) is 6.13. The van der Waals surface area contributed by atoms with E-state index in [1.54, 1.807) is 0 Å². The van der Waals surface area contributed by atoms with Gasteiger partial charge in [-0.05, 0) is 42.3 Å². The molecule has 1 atom stereocenters. The van der Waals surface area contributed by atoms with Gasteiger partial charge in [0.15, 0.2) is 11.6 Å². The molecule has 180 valence electrons. The van der Waals surface area contributed by atoms with E-state index in [1.807, 2.05) is 0 Å². The second-order valence-corrected chi connectivity index (χ2v) is 8.20. The van der Waals surface area contributed by atoms with Crippen LogP contribution in [-0.4, -0.2) is 73.1 Å². The summed E-state index contributed by atoms with van der Waals surface area (Å²) in [7, 11) is 1.31. The van der Waals surface area contributed by atoms with Crippen molar-refractivity contribution in [2.45, 2.75) is 12.5 Å². The molecule has 4 rings (SSSR count). The average molecular weight is 472 g/mol. The Morgan fingerprint density at radius 3 is 2.44 bits per heavy atom. The molecule has 2 heterocycles. The van der Waals surface area contributed by atoms with Gasteiger partial charge >= 0.3 is 0 Å². The second kappa shape index (κ2) is 10.3. The minimum Gasteiger partial charge on any atom is -0.507 e. The van der Waals surface area contributed by atoms with Gasteiger partial charge < -0.3 is 19.5 Å². The van der Waals surface area contributed by atoms with Crippen molar-refractivity contribution in [3.63, 3.8) is 0 Å². The Balaban J connectivity index is 1.68. The maximum atomic E-state index is 14.3. The summed E-state index contributed by atoms with van der Waals surface area (Å²) in [5.74, 6) is -3.32. The maximum absolute atomic E-state index is 14.3. The smallest absolute Gasteiger partial charge is 0.295 e. The van der Waals surface area contributed by atoms with Crippen molar-refractivity contribution < 1.29 is 33.0 Å². The number of ether oxygens (including phenoxy) is 2. The van der Waals surface area contributed by atoms with Gasteiger partial charge in [0.2, 0.25) is 0 Å². The minimum atomic E-state index is -0.921. The van der Waals surface area contributed by atoms with Crippen LogP contribution in [0.2, 0.25) is 0 Å². The van der Waals surface area contributed by atoms with Crippen LogP contribution in [0.1, 0.15) is 23.6 Å². The van der Waals surface area contributed by atoms with Crippen molar-refractivity contribution >= 4 is 17.4 Å². The lowest BCUT2D eigenvalue weighted by atomic mass is 9.95. The Hall–Kier alpha value is -3.30. The maximum Gasteiger partial charge on any atom is 0.295 e. The molecule has 2 aliphatic rings. The van der Waals surface area contributed by atoms with Crippen LogP contribution in [0.25, 0.3) is 5.76 Å². The quantitative estimate of drug-likeness (QED) is 0.379. The fraction of sp³-hybridized carbons (Fsp3) is 0.360. The zero-order valence-corrected chi connectivity index (χ0v) is 18.8. The van der Waals surface area contributed by atoms with Crippen molar-refractivity contribution in [3.8, 4) is 5.75 Å². The first kappa shape index (κ1) is 23.8. The summed E-state index contributed by atoms with van der Waals surface area (Å²) in [6.45, 7) is 3.87. The number of hydrogen-bond donors (Lipinski definition) is 1. The number of morpholine rings is 1. The zero-order valence-electron chi connectivity index (χ0n) is 18.8. The summed E-state index contributed by atoms with van der Waals surface area (Å²) < 4.78 is 38.1. The fourth-order valence-corrected chi connectivity index (χ4v) is 4.36. The highest BCUT2D eigenvalue weighted by Crippen LogP contribution is 2.40. The standard InChI is InChI=1S/C25H26F2N2O5/c1-33-20-8-5-17(15-19(20)27)23(30)21-22(16-3-6-18(26)7-4-16)29(25(32)24(21)31)10-2-9-28-11-13-34-14-12-28/h3-8,15,22,30H,2,9-14H2,1H3. The molecule has 1 N–H and O–H groups in total. The number of rotatable bonds is 7. The molecule has 0 saturated carbocycles. The van der Waals surface area contributed by atoms with Crippen LogP contribution in [0.3, 0.4) is 0 Å². The van der Waals surface area contributed by atoms with E-state index in [2.05, 4.69) is 4.90 Å². The lowest BCUT2D eigenvalue weighted by Crippen LogP contribution is -2.38. The van der Waals surface area contributed by atoms with Crippen LogP contribution in [-0.2, 0) is 14.3 Å². The predicted octanol–water partition coefficient (Wildman–Crippen LogP) is 3.12. The molecule has 2 fully saturated rings. The summed E-state index contributed by atoms with van der Waals surface area (Å²) in [4.78, 5) is 29.6. The van der Waals surface area contributed by atoms with E-state index < -0.39 is 35.1 Å². The van der Waals surface area contributed by atoms with Gasteiger partial charge in [0, 0.05) is 31.7 Å². The topological polar surface area (TPSA) is 79.3 Å². The summed E-state index contributed by atoms with van der Waals surface area (Å²) in [5, 5.41) is 11.0. The third-order valence-corrected chi connectivity index (χ3v) is 6.13. The number of halogens is 2. The van der Waals surface area contributed by atoms with Crippen LogP contribution in [0, 0.1) is 11.6 Å². The molecule has 0 bridgehead atoms. The van der Waals surface area contributed by atoms with Gasteiger partial charge in [-0.2, -0.15) is 0 Å². The number of nitrogens with zero attached hydrogens (tertiary/aromatic N) is 2. The summed E-state index contributed by atoms with van der Waals surface area (Å²) >= 11 is 0. The van der Waals surface area contributed by atoms with Crippen molar-refractivity contribution in [2.75, 3.05) is 46.5 Å². The van der Waals surface area contributed by atoms with Gasteiger partial charge in [-0.3, -0.25) is 14.5 Å². The number of carbonyl (C=O) groups excluding carboxylic acids is 2. The zero-order chi connectivity index (χ0) is 24.2. The average Bonchev–Trinajstić information content (AvgIpc) is 3.09. The Morgan fingerprint density at radius 1 is 1.09 bits per heavy atom. The van der Waals surface area contributed by atoms with Gasteiger partial charge in [0.25, 0.3) is 11.7 Å². The molecule has 0 aliphatic carbocycles. The van der Waals surface area contributed by atoms with Gasteiger partial charge in [-0.1, -0.05) is 12.1 Å². The van der Waals surface area contributed by atoms with E-state index in [4.69, 9.17) is 9.47 Å². The highest BCUT2D eigenvalue weighted by Gasteiger charge is 2.45. The van der Waals surface area contributed by atoms with Gasteiger partial charge in [-0.25, -0.2) is 8.78 Å². The third kappa shape index (κ3) is 4.80. The number of methoxy groups -OCH3 is 1. The first-order valence-corrected chi connectivity index (χ1v) is 11.1. The van der Waals surface area contributed by atoms with E-state index >= 15 is 0 Å². The Kier molecular flexibility index (Phi) is 7.23. The molecule has 1 unspecified atom stereocenters. The predicted molar refractivity (Wildman–Crippen MR) is 120 cm³/mol. The summed E-state index contributed by atoms with van der Waals surface area (Å²) in [6, 6.07) is 8.27. The first-order chi connectivity index (χ1) is 16.4. The monoisotopic (exact) mass is 472 g/mol. The Labute approximate surface area is 196 Å². The summed E-state index contributed by atoms with van der Waals surface area (Å²) in [6.07, 6.45) is 0.599. The molecule has 34 heavy (non-hydrogen) atoms. The molecule has 2 saturated heterocycles. The normalized spacial score (nSPS) is 20.7. The molecule has 2 aromatic carbocycles. The van der Waals surface area contributed by atoms with Crippen LogP contribution < -0.4 is 4.74 Å². The lowest BCUT2D eigenvalue weighted by molar-refractivity contribution is -0.140. The highest BCUT2D eigenvalue weighted by molar-refractivity contribution is 6.46. The van der Waals surface area contributed by atoms with Crippen molar-refractivity contribution in [1.29, 1.82) is 0 Å². The SMILES string of the molecule is COc1ccc(C(O)=C2C(=O)C(=O)N(CCCN3CCOCC3)C2c2ccc(F)cc2)cc1F. The van der Waals surface area contributed by atoms with Crippen LogP contribution >= 0.6 is 0 Å². The number of aliphatic hydroxyl groups is 1. The van der Waals surface area contributed by atoms with Crippen LogP contribution in [0.15, 0.2) is 48.0 Å². The molecule has 1 amide bonds. The molecule has 2 aliphatic heterocycles. The number of Topliss-reactive ketones (excluding diaryl/α,β-unsaturated/α-hetero) is 1. The van der Waals surface area contributed by atoms with E-state index in [0.29, 0.717) is 31.7 Å². The van der Waals surface area contributed by atoms with Crippen molar-refractivity contribution in [1.82, 2.24) is 9.80 Å². The van der Waals surface area contributed by atoms with Crippen LogP contribution in [0.4, 0.5) is 8.78 Å². The lowest BCUT2D eigenvalue weighted by Gasteiger charge is -2.29. The van der Waals surface area contributed by atoms with E-state index in [-0.39, 0.29) is 23.4 Å². The molecule has 0 aromatic heterocycles. The number of carbonyl (C=O) groups is 2. The number of likely N-dealkylation sites (tertiary alicyclic amines) is 1. The fourth-order valence-electron chi connectivity index (χ4n) is 4.36. The van der Waals surface area contributed by atoms with Gasteiger partial charge in [0.05, 0.1) is 31.9 Å². The van der Waals surface area contributed by atoms with E-state index in [1.165, 1.54) is 48.4 Å². The number of ketones is 1.